The molecule has 6 nitrogen and oxygen atoms in total. The van der Waals surface area contributed by atoms with Gasteiger partial charge in [-0.1, -0.05) is 0 Å². The van der Waals surface area contributed by atoms with Crippen molar-refractivity contribution in [2.75, 3.05) is 27.2 Å². The molecule has 3 aromatic heterocycles. The van der Waals surface area contributed by atoms with Gasteiger partial charge in [-0.25, -0.2) is 4.98 Å². The van der Waals surface area contributed by atoms with Gasteiger partial charge in [0, 0.05) is 55.1 Å². The highest BCUT2D eigenvalue weighted by atomic mass is 16.1. The van der Waals surface area contributed by atoms with Crippen LogP contribution in [-0.2, 0) is 11.3 Å². The molecular formula is C20H25N5O. The van der Waals surface area contributed by atoms with Gasteiger partial charge < -0.3 is 14.8 Å². The van der Waals surface area contributed by atoms with Crippen LogP contribution in [0.25, 0.3) is 22.3 Å². The minimum Gasteiger partial charge on any atom is -0.355 e. The molecule has 3 aromatic rings. The van der Waals surface area contributed by atoms with Crippen LogP contribution in [0.4, 0.5) is 0 Å². The van der Waals surface area contributed by atoms with Gasteiger partial charge in [-0.05, 0) is 51.4 Å². The Labute approximate surface area is 153 Å². The molecule has 0 aliphatic rings. The third kappa shape index (κ3) is 4.08. The number of hydrogen-bond donors (Lipinski definition) is 1. The van der Waals surface area contributed by atoms with Gasteiger partial charge in [0.1, 0.15) is 5.65 Å². The molecule has 0 aliphatic carbocycles. The fourth-order valence-electron chi connectivity index (χ4n) is 3.01. The van der Waals surface area contributed by atoms with E-state index in [0.29, 0.717) is 19.5 Å². The van der Waals surface area contributed by atoms with E-state index in [0.717, 1.165) is 34.5 Å². The molecule has 0 radical (unpaired) electrons. The summed E-state index contributed by atoms with van der Waals surface area (Å²) in [6, 6.07) is 10.1. The molecule has 0 bridgehead atoms. The fraction of sp³-hybridized carbons (Fsp3) is 0.350. The molecule has 0 fully saturated rings. The van der Waals surface area contributed by atoms with Gasteiger partial charge in [0.25, 0.3) is 0 Å². The van der Waals surface area contributed by atoms with Gasteiger partial charge in [-0.2, -0.15) is 0 Å². The molecule has 0 saturated heterocycles. The average Bonchev–Trinajstić information content (AvgIpc) is 2.98. The monoisotopic (exact) mass is 351 g/mol. The normalized spacial score (nSPS) is 11.2. The largest absolute Gasteiger partial charge is 0.355 e. The predicted octanol–water partition coefficient (Wildman–Crippen LogP) is 2.47. The summed E-state index contributed by atoms with van der Waals surface area (Å²) in [5.41, 5.74) is 3.97. The standard InChI is InChI=1S/C20H25N5O/c1-15-17(7-5-9-21-15)18-14-16-6-4-10-23-20(16)25(18)12-8-19(26)22-11-13-24(2)3/h4-7,9-10,14H,8,11-13H2,1-3H3,(H,22,26). The highest BCUT2D eigenvalue weighted by Gasteiger charge is 2.14. The fourth-order valence-corrected chi connectivity index (χ4v) is 3.01. The number of amides is 1. The number of aromatic nitrogens is 3. The average molecular weight is 351 g/mol. The Balaban J connectivity index is 1.84. The van der Waals surface area contributed by atoms with Crippen LogP contribution in [0.1, 0.15) is 12.1 Å². The molecule has 0 aliphatic heterocycles. The van der Waals surface area contributed by atoms with E-state index < -0.39 is 0 Å². The van der Waals surface area contributed by atoms with Crippen molar-refractivity contribution in [3.8, 4) is 11.3 Å². The minimum absolute atomic E-state index is 0.0542. The summed E-state index contributed by atoms with van der Waals surface area (Å²) in [5.74, 6) is 0.0542. The van der Waals surface area contributed by atoms with Gasteiger partial charge in [0.2, 0.25) is 5.91 Å². The van der Waals surface area contributed by atoms with Crippen molar-refractivity contribution in [1.82, 2.24) is 24.8 Å². The zero-order valence-corrected chi connectivity index (χ0v) is 15.6. The van der Waals surface area contributed by atoms with E-state index in [1.165, 1.54) is 0 Å². The van der Waals surface area contributed by atoms with E-state index in [4.69, 9.17) is 0 Å². The summed E-state index contributed by atoms with van der Waals surface area (Å²) < 4.78 is 2.12. The first-order valence-electron chi connectivity index (χ1n) is 8.84. The van der Waals surface area contributed by atoms with Gasteiger partial charge >= 0.3 is 0 Å². The van der Waals surface area contributed by atoms with Crippen molar-refractivity contribution in [3.05, 3.63) is 48.4 Å². The molecule has 136 valence electrons. The van der Waals surface area contributed by atoms with Crippen LogP contribution in [0.3, 0.4) is 0 Å². The summed E-state index contributed by atoms with van der Waals surface area (Å²) in [4.78, 5) is 23.2. The number of hydrogen-bond acceptors (Lipinski definition) is 4. The lowest BCUT2D eigenvalue weighted by atomic mass is 10.1. The highest BCUT2D eigenvalue weighted by molar-refractivity contribution is 5.85. The number of likely N-dealkylation sites (N-methyl/N-ethyl adjacent to an activating group) is 1. The van der Waals surface area contributed by atoms with Crippen molar-refractivity contribution in [2.45, 2.75) is 19.9 Å². The second-order valence-corrected chi connectivity index (χ2v) is 6.64. The number of carbonyl (C=O) groups is 1. The number of aryl methyl sites for hydroxylation is 2. The van der Waals surface area contributed by atoms with Gasteiger partial charge in [0.15, 0.2) is 0 Å². The van der Waals surface area contributed by atoms with Gasteiger partial charge in [-0.15, -0.1) is 0 Å². The van der Waals surface area contributed by atoms with Crippen LogP contribution in [-0.4, -0.2) is 52.5 Å². The van der Waals surface area contributed by atoms with Crippen LogP contribution in [0.2, 0.25) is 0 Å². The molecule has 0 spiro atoms. The molecule has 3 rings (SSSR count). The zero-order chi connectivity index (χ0) is 18.5. The smallest absolute Gasteiger partial charge is 0.221 e. The molecular weight excluding hydrogens is 326 g/mol. The van der Waals surface area contributed by atoms with E-state index >= 15 is 0 Å². The summed E-state index contributed by atoms with van der Waals surface area (Å²) in [6.07, 6.45) is 4.00. The Morgan fingerprint density at radius 1 is 1.19 bits per heavy atom. The lowest BCUT2D eigenvalue weighted by Gasteiger charge is -2.13. The van der Waals surface area contributed by atoms with Crippen LogP contribution in [0.15, 0.2) is 42.7 Å². The molecule has 0 aromatic carbocycles. The number of rotatable bonds is 7. The number of pyridine rings is 2. The van der Waals surface area contributed by atoms with E-state index in [1.807, 2.05) is 44.1 Å². The Kier molecular flexibility index (Phi) is 5.63. The Morgan fingerprint density at radius 2 is 1.96 bits per heavy atom. The van der Waals surface area contributed by atoms with Crippen molar-refractivity contribution >= 4 is 16.9 Å². The summed E-state index contributed by atoms with van der Waals surface area (Å²) in [7, 11) is 3.98. The topological polar surface area (TPSA) is 63.1 Å². The van der Waals surface area contributed by atoms with Gasteiger partial charge in [0.05, 0.1) is 5.69 Å². The number of carbonyl (C=O) groups excluding carboxylic acids is 1. The van der Waals surface area contributed by atoms with Crippen LogP contribution in [0.5, 0.6) is 0 Å². The Hall–Kier alpha value is -2.73. The third-order valence-electron chi connectivity index (χ3n) is 4.38. The molecule has 0 unspecified atom stereocenters. The van der Waals surface area contributed by atoms with Crippen molar-refractivity contribution in [2.24, 2.45) is 0 Å². The first-order chi connectivity index (χ1) is 12.6. The maximum Gasteiger partial charge on any atom is 0.221 e. The highest BCUT2D eigenvalue weighted by Crippen LogP contribution is 2.28. The maximum atomic E-state index is 12.2. The molecule has 0 saturated carbocycles. The summed E-state index contributed by atoms with van der Waals surface area (Å²) in [6.45, 7) is 4.07. The number of nitrogens with one attached hydrogen (secondary N) is 1. The minimum atomic E-state index is 0.0542. The van der Waals surface area contributed by atoms with Crippen molar-refractivity contribution in [1.29, 1.82) is 0 Å². The predicted molar refractivity (Wildman–Crippen MR) is 104 cm³/mol. The maximum absolute atomic E-state index is 12.2. The first kappa shape index (κ1) is 18.1. The van der Waals surface area contributed by atoms with E-state index in [9.17, 15) is 4.79 Å². The van der Waals surface area contributed by atoms with E-state index in [2.05, 4.69) is 32.0 Å². The summed E-state index contributed by atoms with van der Waals surface area (Å²) >= 11 is 0. The second kappa shape index (κ2) is 8.10. The molecule has 0 atom stereocenters. The van der Waals surface area contributed by atoms with E-state index in [-0.39, 0.29) is 5.91 Å². The van der Waals surface area contributed by atoms with Crippen LogP contribution < -0.4 is 5.32 Å². The van der Waals surface area contributed by atoms with Crippen LogP contribution in [0, 0.1) is 6.92 Å². The molecule has 6 heteroatoms. The summed E-state index contributed by atoms with van der Waals surface area (Å²) in [5, 5.41) is 4.04. The van der Waals surface area contributed by atoms with Gasteiger partial charge in [-0.3, -0.25) is 9.78 Å². The van der Waals surface area contributed by atoms with E-state index in [1.54, 1.807) is 12.4 Å². The molecule has 1 N–H and O–H groups in total. The second-order valence-electron chi connectivity index (χ2n) is 6.64. The lowest BCUT2D eigenvalue weighted by Crippen LogP contribution is -2.31. The zero-order valence-electron chi connectivity index (χ0n) is 15.6. The third-order valence-corrected chi connectivity index (χ3v) is 4.38. The molecule has 3 heterocycles. The Morgan fingerprint density at radius 3 is 2.73 bits per heavy atom. The number of nitrogens with zero attached hydrogens (tertiary/aromatic N) is 4. The van der Waals surface area contributed by atoms with Crippen LogP contribution >= 0.6 is 0 Å². The number of fused-ring (bicyclic) bond motifs is 1. The Bertz CT molecular complexity index is 900. The first-order valence-corrected chi connectivity index (χ1v) is 8.84. The molecule has 1 amide bonds. The SMILES string of the molecule is Cc1ncccc1-c1cc2cccnc2n1CCC(=O)NCCN(C)C. The van der Waals surface area contributed by atoms with Crippen molar-refractivity contribution < 1.29 is 4.79 Å². The quantitative estimate of drug-likeness (QED) is 0.710. The molecule has 26 heavy (non-hydrogen) atoms. The van der Waals surface area contributed by atoms with Crippen molar-refractivity contribution in [3.63, 3.8) is 0 Å². The lowest BCUT2D eigenvalue weighted by molar-refractivity contribution is -0.121.